The first-order valence-electron chi connectivity index (χ1n) is 4.90. The molecule has 1 heterocycles. The Morgan fingerprint density at radius 2 is 2.33 bits per heavy atom. The molecule has 2 N–H and O–H groups in total. The van der Waals surface area contributed by atoms with E-state index in [0.717, 1.165) is 6.42 Å². The van der Waals surface area contributed by atoms with Gasteiger partial charge < -0.3 is 15.4 Å². The maximum atomic E-state index is 11.2. The van der Waals surface area contributed by atoms with Gasteiger partial charge in [-0.3, -0.25) is 9.59 Å². The highest BCUT2D eigenvalue weighted by Crippen LogP contribution is 2.02. The van der Waals surface area contributed by atoms with Crippen molar-refractivity contribution < 1.29 is 19.1 Å². The number of nitrogens with one attached hydrogen (secondary N) is 2. The zero-order valence-corrected chi connectivity index (χ0v) is 8.54. The highest BCUT2D eigenvalue weighted by atomic mass is 16.5. The van der Waals surface area contributed by atoms with Gasteiger partial charge in [0, 0.05) is 6.54 Å². The second-order valence-corrected chi connectivity index (χ2v) is 3.18. The Bertz CT molecular complexity index is 277. The van der Waals surface area contributed by atoms with Crippen LogP contribution >= 0.6 is 0 Å². The summed E-state index contributed by atoms with van der Waals surface area (Å²) in [5.41, 5.74) is 0. The average molecular weight is 214 g/mol. The highest BCUT2D eigenvalue weighted by Gasteiger charge is 2.26. The number of ether oxygens (including phenoxy) is 1. The van der Waals surface area contributed by atoms with Crippen LogP contribution in [0.2, 0.25) is 0 Å². The maximum absolute atomic E-state index is 11.2. The molecule has 6 nitrogen and oxygen atoms in total. The van der Waals surface area contributed by atoms with Crippen LogP contribution in [0, 0.1) is 0 Å². The van der Waals surface area contributed by atoms with E-state index in [1.807, 2.05) is 0 Å². The number of piperidine rings is 1. The van der Waals surface area contributed by atoms with E-state index in [-0.39, 0.29) is 12.5 Å². The van der Waals surface area contributed by atoms with Crippen LogP contribution in [0.5, 0.6) is 0 Å². The minimum atomic E-state index is -0.948. The molecule has 1 fully saturated rings. The lowest BCUT2D eigenvalue weighted by atomic mass is 10.1. The van der Waals surface area contributed by atoms with Crippen molar-refractivity contribution in [3.63, 3.8) is 0 Å². The van der Waals surface area contributed by atoms with Crippen LogP contribution in [0.1, 0.15) is 19.8 Å². The first-order chi connectivity index (χ1) is 7.15. The molecule has 84 valence electrons. The van der Waals surface area contributed by atoms with E-state index in [4.69, 9.17) is 0 Å². The molecular weight excluding hydrogens is 200 g/mol. The van der Waals surface area contributed by atoms with Crippen molar-refractivity contribution in [1.82, 2.24) is 10.6 Å². The standard InChI is InChI=1S/C9H14N2O4/c1-2-15-9(14)8(13)11-6-4-3-5-10-7(6)12/h6H,2-5H2,1H3,(H,10,12)(H,11,13). The lowest BCUT2D eigenvalue weighted by Crippen LogP contribution is -2.51. The minimum Gasteiger partial charge on any atom is -0.459 e. The van der Waals surface area contributed by atoms with Crippen LogP contribution in [0.15, 0.2) is 0 Å². The normalized spacial score (nSPS) is 20.3. The van der Waals surface area contributed by atoms with Gasteiger partial charge in [0.05, 0.1) is 6.61 Å². The quantitative estimate of drug-likeness (QED) is 0.453. The third-order valence-corrected chi connectivity index (χ3v) is 2.05. The second kappa shape index (κ2) is 5.33. The molecular formula is C9H14N2O4. The van der Waals surface area contributed by atoms with Crippen molar-refractivity contribution >= 4 is 17.8 Å². The predicted molar refractivity (Wildman–Crippen MR) is 50.8 cm³/mol. The topological polar surface area (TPSA) is 84.5 Å². The fourth-order valence-electron chi connectivity index (χ4n) is 1.32. The molecule has 2 amide bonds. The molecule has 0 aromatic rings. The Labute approximate surface area is 87.4 Å². The van der Waals surface area contributed by atoms with Gasteiger partial charge in [0.1, 0.15) is 6.04 Å². The van der Waals surface area contributed by atoms with Crippen molar-refractivity contribution in [2.24, 2.45) is 0 Å². The first-order valence-corrected chi connectivity index (χ1v) is 4.90. The fourth-order valence-corrected chi connectivity index (χ4v) is 1.32. The van der Waals surface area contributed by atoms with Gasteiger partial charge in [0.15, 0.2) is 0 Å². The first kappa shape index (κ1) is 11.5. The molecule has 0 saturated carbocycles. The second-order valence-electron chi connectivity index (χ2n) is 3.18. The van der Waals surface area contributed by atoms with Crippen molar-refractivity contribution in [3.05, 3.63) is 0 Å². The maximum Gasteiger partial charge on any atom is 0.396 e. The molecule has 0 bridgehead atoms. The molecule has 1 aliphatic heterocycles. The summed E-state index contributed by atoms with van der Waals surface area (Å²) in [6.45, 7) is 2.37. The lowest BCUT2D eigenvalue weighted by Gasteiger charge is -2.22. The van der Waals surface area contributed by atoms with Gasteiger partial charge in [-0.25, -0.2) is 4.79 Å². The zero-order chi connectivity index (χ0) is 11.3. The molecule has 0 spiro atoms. The number of hydrogen-bond acceptors (Lipinski definition) is 4. The van der Waals surface area contributed by atoms with Gasteiger partial charge in [-0.05, 0) is 19.8 Å². The van der Waals surface area contributed by atoms with Crippen molar-refractivity contribution in [3.8, 4) is 0 Å². The zero-order valence-electron chi connectivity index (χ0n) is 8.54. The van der Waals surface area contributed by atoms with Gasteiger partial charge in [-0.15, -0.1) is 0 Å². The summed E-state index contributed by atoms with van der Waals surface area (Å²) in [5, 5.41) is 4.93. The van der Waals surface area contributed by atoms with Crippen molar-refractivity contribution in [2.75, 3.05) is 13.2 Å². The number of rotatable bonds is 2. The Balaban J connectivity index is 2.42. The molecule has 1 rings (SSSR count). The highest BCUT2D eigenvalue weighted by molar-refractivity contribution is 6.32. The Morgan fingerprint density at radius 3 is 2.93 bits per heavy atom. The van der Waals surface area contributed by atoms with Crippen LogP contribution < -0.4 is 10.6 Å². The number of hydrogen-bond donors (Lipinski definition) is 2. The lowest BCUT2D eigenvalue weighted by molar-refractivity contribution is -0.155. The number of carbonyl (C=O) groups excluding carboxylic acids is 3. The van der Waals surface area contributed by atoms with E-state index in [0.29, 0.717) is 13.0 Å². The smallest absolute Gasteiger partial charge is 0.396 e. The van der Waals surface area contributed by atoms with E-state index < -0.39 is 17.9 Å². The molecule has 1 aliphatic rings. The van der Waals surface area contributed by atoms with Crippen LogP contribution in [0.25, 0.3) is 0 Å². The summed E-state index contributed by atoms with van der Waals surface area (Å²) in [7, 11) is 0. The van der Waals surface area contributed by atoms with Gasteiger partial charge >= 0.3 is 11.9 Å². The molecule has 1 unspecified atom stereocenters. The Hall–Kier alpha value is -1.59. The molecule has 1 saturated heterocycles. The molecule has 0 radical (unpaired) electrons. The number of esters is 1. The number of amides is 2. The minimum absolute atomic E-state index is 0.142. The predicted octanol–water partition coefficient (Wildman–Crippen LogP) is -1.06. The van der Waals surface area contributed by atoms with Crippen molar-refractivity contribution in [1.29, 1.82) is 0 Å². The fraction of sp³-hybridized carbons (Fsp3) is 0.667. The van der Waals surface area contributed by atoms with Gasteiger partial charge in [-0.2, -0.15) is 0 Å². The van der Waals surface area contributed by atoms with Crippen LogP contribution in [-0.4, -0.2) is 37.0 Å². The summed E-state index contributed by atoms with van der Waals surface area (Å²) in [4.78, 5) is 33.4. The third-order valence-electron chi connectivity index (χ3n) is 2.05. The SMILES string of the molecule is CCOC(=O)C(=O)NC1CCCNC1=O. The monoisotopic (exact) mass is 214 g/mol. The molecule has 6 heteroatoms. The van der Waals surface area contributed by atoms with Gasteiger partial charge in [-0.1, -0.05) is 0 Å². The number of carbonyl (C=O) groups is 3. The van der Waals surface area contributed by atoms with E-state index >= 15 is 0 Å². The third kappa shape index (κ3) is 3.23. The molecule has 15 heavy (non-hydrogen) atoms. The summed E-state index contributed by atoms with van der Waals surface area (Å²) in [6.07, 6.45) is 1.34. The summed E-state index contributed by atoms with van der Waals surface area (Å²) in [5.74, 6) is -2.06. The average Bonchev–Trinajstić information content (AvgIpc) is 2.21. The van der Waals surface area contributed by atoms with Crippen LogP contribution in [0.3, 0.4) is 0 Å². The largest absolute Gasteiger partial charge is 0.459 e. The van der Waals surface area contributed by atoms with E-state index in [1.54, 1.807) is 6.92 Å². The van der Waals surface area contributed by atoms with Crippen LogP contribution in [0.4, 0.5) is 0 Å². The summed E-state index contributed by atoms with van der Waals surface area (Å²) < 4.78 is 4.50. The molecule has 0 aromatic heterocycles. The van der Waals surface area contributed by atoms with Gasteiger partial charge in [0.25, 0.3) is 0 Å². The van der Waals surface area contributed by atoms with E-state index in [1.165, 1.54) is 0 Å². The van der Waals surface area contributed by atoms with Gasteiger partial charge in [0.2, 0.25) is 5.91 Å². The Kier molecular flexibility index (Phi) is 4.08. The molecule has 1 atom stereocenters. The summed E-state index contributed by atoms with van der Waals surface area (Å²) >= 11 is 0. The van der Waals surface area contributed by atoms with E-state index in [2.05, 4.69) is 15.4 Å². The molecule has 0 aliphatic carbocycles. The van der Waals surface area contributed by atoms with Crippen LogP contribution in [-0.2, 0) is 19.1 Å². The molecule has 0 aromatic carbocycles. The van der Waals surface area contributed by atoms with Crippen molar-refractivity contribution in [2.45, 2.75) is 25.8 Å². The Morgan fingerprint density at radius 1 is 1.60 bits per heavy atom. The van der Waals surface area contributed by atoms with E-state index in [9.17, 15) is 14.4 Å². The summed E-state index contributed by atoms with van der Waals surface area (Å²) in [6, 6.07) is -0.615.